The highest BCUT2D eigenvalue weighted by Crippen LogP contribution is 2.24. The van der Waals surface area contributed by atoms with Crippen LogP contribution in [0, 0.1) is 6.92 Å². The Bertz CT molecular complexity index is 884. The fraction of sp³-hybridized carbons (Fsp3) is 0.364. The second kappa shape index (κ2) is 7.94. The van der Waals surface area contributed by atoms with E-state index in [1.165, 1.54) is 11.1 Å². The number of hydrogen-bond donors (Lipinski definition) is 2. The third-order valence-corrected chi connectivity index (χ3v) is 5.78. The van der Waals surface area contributed by atoms with Crippen LogP contribution in [0.3, 0.4) is 0 Å². The highest BCUT2D eigenvalue weighted by Gasteiger charge is 2.46. The summed E-state index contributed by atoms with van der Waals surface area (Å²) >= 11 is 5.93. The minimum atomic E-state index is -0.513. The van der Waals surface area contributed by atoms with Gasteiger partial charge in [0.2, 0.25) is 11.8 Å². The van der Waals surface area contributed by atoms with Gasteiger partial charge in [0.1, 0.15) is 12.1 Å². The molecule has 4 rings (SSSR count). The van der Waals surface area contributed by atoms with Gasteiger partial charge in [-0.05, 0) is 36.6 Å². The first-order valence-corrected chi connectivity index (χ1v) is 10.0. The summed E-state index contributed by atoms with van der Waals surface area (Å²) in [6, 6.07) is 15.0. The largest absolute Gasteiger partial charge is 0.342 e. The van der Waals surface area contributed by atoms with Gasteiger partial charge in [-0.25, -0.2) is 0 Å². The Morgan fingerprint density at radius 2 is 1.93 bits per heavy atom. The molecule has 6 heteroatoms. The van der Waals surface area contributed by atoms with Gasteiger partial charge in [-0.1, -0.05) is 53.6 Å². The van der Waals surface area contributed by atoms with E-state index in [9.17, 15) is 9.59 Å². The van der Waals surface area contributed by atoms with Crippen LogP contribution < -0.4 is 10.6 Å². The predicted molar refractivity (Wildman–Crippen MR) is 109 cm³/mol. The van der Waals surface area contributed by atoms with Gasteiger partial charge >= 0.3 is 0 Å². The summed E-state index contributed by atoms with van der Waals surface area (Å²) in [6.45, 7) is 3.37. The minimum absolute atomic E-state index is 0.000550. The van der Waals surface area contributed by atoms with Crippen molar-refractivity contribution in [2.75, 3.05) is 6.54 Å². The molecule has 146 valence electrons. The first-order chi connectivity index (χ1) is 13.5. The Morgan fingerprint density at radius 1 is 1.14 bits per heavy atom. The van der Waals surface area contributed by atoms with Crippen LogP contribution in [0.1, 0.15) is 23.1 Å². The molecule has 2 aromatic rings. The molecule has 0 unspecified atom stereocenters. The maximum atomic E-state index is 12.9. The summed E-state index contributed by atoms with van der Waals surface area (Å²) in [7, 11) is 0. The van der Waals surface area contributed by atoms with E-state index in [4.69, 9.17) is 11.6 Å². The Morgan fingerprint density at radius 3 is 2.68 bits per heavy atom. The number of carbonyl (C=O) groups excluding carboxylic acids is 2. The van der Waals surface area contributed by atoms with Crippen molar-refractivity contribution in [3.8, 4) is 0 Å². The fourth-order valence-corrected chi connectivity index (χ4v) is 4.21. The minimum Gasteiger partial charge on any atom is -0.342 e. The summed E-state index contributed by atoms with van der Waals surface area (Å²) in [4.78, 5) is 27.3. The average Bonchev–Trinajstić information content (AvgIpc) is 3.11. The highest BCUT2D eigenvalue weighted by molar-refractivity contribution is 6.30. The van der Waals surface area contributed by atoms with Crippen molar-refractivity contribution in [2.24, 2.45) is 0 Å². The van der Waals surface area contributed by atoms with Gasteiger partial charge in [-0.2, -0.15) is 0 Å². The SMILES string of the molecule is Cc1cccc(CN[C@H]2C[C@H]3C(=O)N[C@@H](Cc4ccc(Cl)cc4)C(=O)N3C2)c1. The Labute approximate surface area is 170 Å². The highest BCUT2D eigenvalue weighted by atomic mass is 35.5. The summed E-state index contributed by atoms with van der Waals surface area (Å²) in [5.41, 5.74) is 3.42. The van der Waals surface area contributed by atoms with E-state index in [1.54, 1.807) is 17.0 Å². The summed E-state index contributed by atoms with van der Waals surface area (Å²) in [6.07, 6.45) is 1.13. The molecule has 2 N–H and O–H groups in total. The van der Waals surface area contributed by atoms with Gasteiger partial charge in [0.15, 0.2) is 0 Å². The molecular weight excluding hydrogens is 374 g/mol. The maximum absolute atomic E-state index is 12.9. The molecule has 2 aliphatic heterocycles. The third kappa shape index (κ3) is 4.05. The van der Waals surface area contributed by atoms with Crippen molar-refractivity contribution < 1.29 is 9.59 Å². The third-order valence-electron chi connectivity index (χ3n) is 5.53. The summed E-state index contributed by atoms with van der Waals surface area (Å²) in [5, 5.41) is 7.07. The lowest BCUT2D eigenvalue weighted by Gasteiger charge is -2.34. The number of benzene rings is 2. The molecule has 2 aromatic carbocycles. The number of piperazine rings is 1. The molecule has 2 aliphatic rings. The summed E-state index contributed by atoms with van der Waals surface area (Å²) in [5.74, 6) is -0.0576. The molecule has 0 aromatic heterocycles. The summed E-state index contributed by atoms with van der Waals surface area (Å²) < 4.78 is 0. The molecule has 28 heavy (non-hydrogen) atoms. The number of amides is 2. The zero-order valence-corrected chi connectivity index (χ0v) is 16.6. The van der Waals surface area contributed by atoms with Crippen LogP contribution in [0.15, 0.2) is 48.5 Å². The van der Waals surface area contributed by atoms with E-state index in [0.717, 1.165) is 12.1 Å². The van der Waals surface area contributed by atoms with Crippen molar-refractivity contribution in [1.29, 1.82) is 0 Å². The van der Waals surface area contributed by atoms with Crippen LogP contribution in [0.5, 0.6) is 0 Å². The fourth-order valence-electron chi connectivity index (χ4n) is 4.08. The number of nitrogens with zero attached hydrogens (tertiary/aromatic N) is 1. The van der Waals surface area contributed by atoms with Crippen LogP contribution in [0.2, 0.25) is 5.02 Å². The number of aryl methyl sites for hydroxylation is 1. The number of carbonyl (C=O) groups is 2. The number of hydrogen-bond acceptors (Lipinski definition) is 3. The number of fused-ring (bicyclic) bond motifs is 1. The number of halogens is 1. The van der Waals surface area contributed by atoms with Gasteiger partial charge in [-0.3, -0.25) is 9.59 Å². The van der Waals surface area contributed by atoms with Crippen molar-refractivity contribution >= 4 is 23.4 Å². The molecule has 0 bridgehead atoms. The molecule has 2 heterocycles. The lowest BCUT2D eigenvalue weighted by atomic mass is 10.0. The van der Waals surface area contributed by atoms with Crippen LogP contribution in [0.4, 0.5) is 0 Å². The molecule has 0 radical (unpaired) electrons. The lowest BCUT2D eigenvalue weighted by Crippen LogP contribution is -2.61. The van der Waals surface area contributed by atoms with E-state index >= 15 is 0 Å². The Hall–Kier alpha value is -2.37. The first-order valence-electron chi connectivity index (χ1n) is 9.64. The second-order valence-electron chi connectivity index (χ2n) is 7.70. The smallest absolute Gasteiger partial charge is 0.246 e. The van der Waals surface area contributed by atoms with E-state index < -0.39 is 6.04 Å². The zero-order valence-electron chi connectivity index (χ0n) is 15.8. The van der Waals surface area contributed by atoms with Crippen LogP contribution in [-0.2, 0) is 22.6 Å². The van der Waals surface area contributed by atoms with Crippen LogP contribution in [0.25, 0.3) is 0 Å². The molecule has 2 fully saturated rings. The molecule has 0 aliphatic carbocycles. The average molecular weight is 398 g/mol. The second-order valence-corrected chi connectivity index (χ2v) is 8.14. The van der Waals surface area contributed by atoms with Gasteiger partial charge in [-0.15, -0.1) is 0 Å². The number of rotatable bonds is 5. The van der Waals surface area contributed by atoms with Crippen LogP contribution >= 0.6 is 11.6 Å². The zero-order chi connectivity index (χ0) is 19.7. The number of nitrogens with one attached hydrogen (secondary N) is 2. The van der Waals surface area contributed by atoms with Gasteiger partial charge in [0, 0.05) is 30.6 Å². The topological polar surface area (TPSA) is 61.4 Å². The Balaban J connectivity index is 1.39. The molecule has 0 saturated carbocycles. The normalized spacial score (nSPS) is 24.2. The predicted octanol–water partition coefficient (Wildman–Crippen LogP) is 2.45. The van der Waals surface area contributed by atoms with E-state index in [2.05, 4.69) is 35.8 Å². The molecule has 3 atom stereocenters. The molecule has 2 amide bonds. The first kappa shape index (κ1) is 19.0. The quantitative estimate of drug-likeness (QED) is 0.814. The van der Waals surface area contributed by atoms with Crippen molar-refractivity contribution in [3.63, 3.8) is 0 Å². The van der Waals surface area contributed by atoms with Gasteiger partial charge in [0.05, 0.1) is 0 Å². The van der Waals surface area contributed by atoms with Crippen molar-refractivity contribution in [1.82, 2.24) is 15.5 Å². The maximum Gasteiger partial charge on any atom is 0.246 e. The standard InChI is InChI=1S/C22H24ClN3O2/c1-14-3-2-4-16(9-14)12-24-18-11-20-21(27)25-19(22(28)26(20)13-18)10-15-5-7-17(23)8-6-15/h2-9,18-20,24H,10-13H2,1H3,(H,25,27)/t18-,19-,20-/m0/s1. The Kier molecular flexibility index (Phi) is 5.38. The molecular formula is C22H24ClN3O2. The van der Waals surface area contributed by atoms with E-state index in [1.807, 2.05) is 18.2 Å². The molecule has 5 nitrogen and oxygen atoms in total. The van der Waals surface area contributed by atoms with Crippen molar-refractivity contribution in [3.05, 3.63) is 70.2 Å². The van der Waals surface area contributed by atoms with Gasteiger partial charge in [0.25, 0.3) is 0 Å². The lowest BCUT2D eigenvalue weighted by molar-refractivity contribution is -0.147. The molecule has 0 spiro atoms. The van der Waals surface area contributed by atoms with Crippen LogP contribution in [-0.4, -0.2) is 41.4 Å². The van der Waals surface area contributed by atoms with E-state index in [0.29, 0.717) is 24.4 Å². The monoisotopic (exact) mass is 397 g/mol. The van der Waals surface area contributed by atoms with Gasteiger partial charge < -0.3 is 15.5 Å². The van der Waals surface area contributed by atoms with Crippen molar-refractivity contribution in [2.45, 2.75) is 44.4 Å². The molecule has 2 saturated heterocycles. The van der Waals surface area contributed by atoms with E-state index in [-0.39, 0.29) is 23.9 Å².